The van der Waals surface area contributed by atoms with Crippen molar-refractivity contribution < 1.29 is 9.72 Å². The van der Waals surface area contributed by atoms with E-state index in [1.807, 2.05) is 6.92 Å². The molecule has 1 amide bonds. The number of rotatable bonds is 5. The molecule has 0 saturated heterocycles. The van der Waals surface area contributed by atoms with E-state index in [1.54, 1.807) is 0 Å². The summed E-state index contributed by atoms with van der Waals surface area (Å²) < 4.78 is 0. The molecule has 5 nitrogen and oxygen atoms in total. The number of carbonyl (C=O) groups is 1. The van der Waals surface area contributed by atoms with Gasteiger partial charge in [0.15, 0.2) is 0 Å². The molecule has 0 fully saturated rings. The molecule has 1 aromatic carbocycles. The van der Waals surface area contributed by atoms with Gasteiger partial charge in [0.05, 0.1) is 4.92 Å². The molecule has 1 N–H and O–H groups in total. The van der Waals surface area contributed by atoms with Crippen molar-refractivity contribution in [2.75, 3.05) is 11.9 Å². The molecule has 0 aliphatic heterocycles. The predicted molar refractivity (Wildman–Crippen MR) is 73.4 cm³/mol. The molecular formula is C11H12BrClN2O3. The Morgan fingerprint density at radius 2 is 2.28 bits per heavy atom. The number of halogens is 2. The Labute approximate surface area is 118 Å². The van der Waals surface area contributed by atoms with Crippen molar-refractivity contribution in [2.45, 2.75) is 6.92 Å². The van der Waals surface area contributed by atoms with E-state index in [0.29, 0.717) is 6.54 Å². The molecular weight excluding hydrogens is 323 g/mol. The Morgan fingerprint density at radius 3 is 2.83 bits per heavy atom. The van der Waals surface area contributed by atoms with E-state index in [2.05, 4.69) is 21.2 Å². The standard InChI is InChI=1S/C11H12BrClN2O3/c1-7(5-12)6-14-11(16)9-3-2-8(13)4-10(9)15(17)18/h2-4,7H,5-6H2,1H3,(H,14,16). The van der Waals surface area contributed by atoms with Crippen molar-refractivity contribution in [3.63, 3.8) is 0 Å². The summed E-state index contributed by atoms with van der Waals surface area (Å²) in [6, 6.07) is 3.98. The topological polar surface area (TPSA) is 72.2 Å². The molecule has 0 bridgehead atoms. The number of hydrogen-bond acceptors (Lipinski definition) is 3. The van der Waals surface area contributed by atoms with Gasteiger partial charge in [-0.25, -0.2) is 0 Å². The normalized spacial score (nSPS) is 11.9. The zero-order valence-electron chi connectivity index (χ0n) is 9.65. The first-order valence-electron chi connectivity index (χ1n) is 5.23. The minimum Gasteiger partial charge on any atom is -0.352 e. The lowest BCUT2D eigenvalue weighted by atomic mass is 10.1. The van der Waals surface area contributed by atoms with Crippen LogP contribution < -0.4 is 5.32 Å². The molecule has 1 atom stereocenters. The molecule has 1 unspecified atom stereocenters. The lowest BCUT2D eigenvalue weighted by molar-refractivity contribution is -0.385. The minimum atomic E-state index is -0.616. The van der Waals surface area contributed by atoms with Gasteiger partial charge in [0.25, 0.3) is 11.6 Å². The van der Waals surface area contributed by atoms with Gasteiger partial charge in [-0.3, -0.25) is 14.9 Å². The van der Waals surface area contributed by atoms with E-state index in [-0.39, 0.29) is 22.2 Å². The molecule has 0 heterocycles. The lowest BCUT2D eigenvalue weighted by Crippen LogP contribution is -2.29. The Morgan fingerprint density at radius 1 is 1.61 bits per heavy atom. The predicted octanol–water partition coefficient (Wildman–Crippen LogP) is 3.01. The van der Waals surface area contributed by atoms with Crippen molar-refractivity contribution in [3.05, 3.63) is 38.9 Å². The molecule has 1 rings (SSSR count). The summed E-state index contributed by atoms with van der Waals surface area (Å²) in [5, 5.41) is 14.5. The fourth-order valence-corrected chi connectivity index (χ4v) is 1.66. The first-order valence-corrected chi connectivity index (χ1v) is 6.73. The number of nitro groups is 1. The third-order valence-electron chi connectivity index (χ3n) is 2.28. The number of nitrogens with zero attached hydrogens (tertiary/aromatic N) is 1. The molecule has 1 aromatic rings. The van der Waals surface area contributed by atoms with Gasteiger partial charge in [0, 0.05) is 23.0 Å². The maximum atomic E-state index is 11.8. The second kappa shape index (κ2) is 6.70. The highest BCUT2D eigenvalue weighted by Crippen LogP contribution is 2.23. The SMILES string of the molecule is CC(CBr)CNC(=O)c1ccc(Cl)cc1[N+](=O)[O-]. The van der Waals surface area contributed by atoms with Gasteiger partial charge in [-0.2, -0.15) is 0 Å². The average molecular weight is 336 g/mol. The molecule has 0 aliphatic rings. The number of amides is 1. The smallest absolute Gasteiger partial charge is 0.283 e. The van der Waals surface area contributed by atoms with Gasteiger partial charge < -0.3 is 5.32 Å². The molecule has 0 saturated carbocycles. The van der Waals surface area contributed by atoms with Gasteiger partial charge in [0.1, 0.15) is 5.56 Å². The molecule has 0 spiro atoms. The van der Waals surface area contributed by atoms with Crippen molar-refractivity contribution in [3.8, 4) is 0 Å². The van der Waals surface area contributed by atoms with Crippen LogP contribution >= 0.6 is 27.5 Å². The minimum absolute atomic E-state index is 0.0196. The first kappa shape index (κ1) is 14.9. The molecule has 0 radical (unpaired) electrons. The molecule has 18 heavy (non-hydrogen) atoms. The van der Waals surface area contributed by atoms with Gasteiger partial charge >= 0.3 is 0 Å². The van der Waals surface area contributed by atoms with E-state index < -0.39 is 10.8 Å². The maximum absolute atomic E-state index is 11.8. The first-order chi connectivity index (χ1) is 8.45. The number of nitro benzene ring substituents is 1. The second-order valence-corrected chi connectivity index (χ2v) is 4.97. The number of alkyl halides is 1. The number of hydrogen-bond donors (Lipinski definition) is 1. The van der Waals surface area contributed by atoms with Crippen LogP contribution in [0.25, 0.3) is 0 Å². The second-order valence-electron chi connectivity index (χ2n) is 3.89. The van der Waals surface area contributed by atoms with Gasteiger partial charge in [-0.05, 0) is 18.1 Å². The summed E-state index contributed by atoms with van der Waals surface area (Å²) in [6.45, 7) is 2.40. The maximum Gasteiger partial charge on any atom is 0.283 e. The van der Waals surface area contributed by atoms with Crippen LogP contribution in [0.15, 0.2) is 18.2 Å². The van der Waals surface area contributed by atoms with Crippen LogP contribution in [0, 0.1) is 16.0 Å². The van der Waals surface area contributed by atoms with Crippen LogP contribution in [0.5, 0.6) is 0 Å². The third-order valence-corrected chi connectivity index (χ3v) is 3.62. The van der Waals surface area contributed by atoms with Crippen LogP contribution in [0.2, 0.25) is 5.02 Å². The highest BCUT2D eigenvalue weighted by Gasteiger charge is 2.20. The van der Waals surface area contributed by atoms with E-state index in [4.69, 9.17) is 11.6 Å². The van der Waals surface area contributed by atoms with Crippen molar-refractivity contribution in [1.82, 2.24) is 5.32 Å². The Bertz CT molecular complexity index is 468. The zero-order chi connectivity index (χ0) is 13.7. The van der Waals surface area contributed by atoms with Crippen molar-refractivity contribution in [2.24, 2.45) is 5.92 Å². The van der Waals surface area contributed by atoms with Crippen molar-refractivity contribution >= 4 is 39.1 Å². The summed E-state index contributed by atoms with van der Waals surface area (Å²) in [5.74, 6) is -0.216. The van der Waals surface area contributed by atoms with E-state index in [9.17, 15) is 14.9 Å². The molecule has 0 aliphatic carbocycles. The van der Waals surface area contributed by atoms with Crippen molar-refractivity contribution in [1.29, 1.82) is 0 Å². The lowest BCUT2D eigenvalue weighted by Gasteiger charge is -2.09. The fraction of sp³-hybridized carbons (Fsp3) is 0.364. The Balaban J connectivity index is 2.88. The summed E-state index contributed by atoms with van der Waals surface area (Å²) in [6.07, 6.45) is 0. The summed E-state index contributed by atoms with van der Waals surface area (Å²) in [7, 11) is 0. The van der Waals surface area contributed by atoms with Crippen LogP contribution in [0.4, 0.5) is 5.69 Å². The molecule has 7 heteroatoms. The van der Waals surface area contributed by atoms with Gasteiger partial charge in [0.2, 0.25) is 0 Å². The highest BCUT2D eigenvalue weighted by atomic mass is 79.9. The summed E-state index contributed by atoms with van der Waals surface area (Å²) in [5.41, 5.74) is -0.266. The number of nitrogens with one attached hydrogen (secondary N) is 1. The van der Waals surface area contributed by atoms with Crippen LogP contribution in [-0.2, 0) is 0 Å². The van der Waals surface area contributed by atoms with Crippen LogP contribution in [-0.4, -0.2) is 22.7 Å². The van der Waals surface area contributed by atoms with E-state index >= 15 is 0 Å². The fourth-order valence-electron chi connectivity index (χ4n) is 1.26. The summed E-state index contributed by atoms with van der Waals surface area (Å²) >= 11 is 8.96. The van der Waals surface area contributed by atoms with Gasteiger partial charge in [-0.1, -0.05) is 34.5 Å². The van der Waals surface area contributed by atoms with Crippen LogP contribution in [0.3, 0.4) is 0 Å². The van der Waals surface area contributed by atoms with E-state index in [1.165, 1.54) is 18.2 Å². The summed E-state index contributed by atoms with van der Waals surface area (Å²) in [4.78, 5) is 22.0. The van der Waals surface area contributed by atoms with Gasteiger partial charge in [-0.15, -0.1) is 0 Å². The zero-order valence-corrected chi connectivity index (χ0v) is 12.0. The Hall–Kier alpha value is -1.14. The largest absolute Gasteiger partial charge is 0.352 e. The highest BCUT2D eigenvalue weighted by molar-refractivity contribution is 9.09. The Kier molecular flexibility index (Phi) is 5.55. The van der Waals surface area contributed by atoms with Crippen LogP contribution in [0.1, 0.15) is 17.3 Å². The molecule has 98 valence electrons. The number of benzene rings is 1. The average Bonchev–Trinajstić information content (AvgIpc) is 2.35. The monoisotopic (exact) mass is 334 g/mol. The van der Waals surface area contributed by atoms with E-state index in [0.717, 1.165) is 5.33 Å². The molecule has 0 aromatic heterocycles. The third kappa shape index (κ3) is 3.96. The quantitative estimate of drug-likeness (QED) is 0.511. The number of carbonyl (C=O) groups excluding carboxylic acids is 1.